The van der Waals surface area contributed by atoms with Crippen molar-refractivity contribution in [2.45, 2.75) is 32.1 Å². The molecule has 0 amide bonds. The minimum atomic E-state index is 0.495. The molecule has 4 nitrogen and oxygen atoms in total. The Bertz CT molecular complexity index is 531. The van der Waals surface area contributed by atoms with Crippen LogP contribution in [0.15, 0.2) is 12.1 Å². The van der Waals surface area contributed by atoms with Gasteiger partial charge in [0.25, 0.3) is 0 Å². The fraction of sp³-hybridized carbons (Fsp3) is 0.538. The Morgan fingerprint density at radius 3 is 3.06 bits per heavy atom. The number of hydrogen-bond acceptors (Lipinski definition) is 3. The smallest absolute Gasteiger partial charge is 0.177 e. The van der Waals surface area contributed by atoms with Crippen LogP contribution in [0.3, 0.4) is 0 Å². The molecule has 2 atom stereocenters. The summed E-state index contributed by atoms with van der Waals surface area (Å²) in [7, 11) is 0. The molecule has 0 spiro atoms. The Morgan fingerprint density at radius 2 is 2.24 bits per heavy atom. The van der Waals surface area contributed by atoms with Crippen molar-refractivity contribution in [3.8, 4) is 0 Å². The molecule has 1 aliphatic carbocycles. The Labute approximate surface area is 101 Å². The van der Waals surface area contributed by atoms with Crippen molar-refractivity contribution < 1.29 is 0 Å². The third-order valence-corrected chi connectivity index (χ3v) is 3.82. The second kappa shape index (κ2) is 4.11. The van der Waals surface area contributed by atoms with Crippen LogP contribution >= 0.6 is 0 Å². The summed E-state index contributed by atoms with van der Waals surface area (Å²) in [4.78, 5) is 12.5. The standard InChI is InChI=1S/C13H18N4/c1-8-5-6-11-13(15-8)17-12(16-11)10-4-2-3-9(10)7-14/h5-6,9-10H,2-4,7,14H2,1H3,(H,15,16,17). The average molecular weight is 230 g/mol. The molecule has 1 aliphatic rings. The van der Waals surface area contributed by atoms with Gasteiger partial charge >= 0.3 is 0 Å². The van der Waals surface area contributed by atoms with E-state index in [-0.39, 0.29) is 0 Å². The first-order valence-corrected chi connectivity index (χ1v) is 6.31. The summed E-state index contributed by atoms with van der Waals surface area (Å²) in [5.41, 5.74) is 8.71. The van der Waals surface area contributed by atoms with E-state index in [9.17, 15) is 0 Å². The molecule has 2 aromatic rings. The lowest BCUT2D eigenvalue weighted by molar-refractivity contribution is 0.481. The van der Waals surface area contributed by atoms with Crippen molar-refractivity contribution in [2.24, 2.45) is 11.7 Å². The van der Waals surface area contributed by atoms with E-state index in [2.05, 4.69) is 21.0 Å². The molecule has 0 saturated heterocycles. The molecule has 0 radical (unpaired) electrons. The SMILES string of the molecule is Cc1ccc2[nH]c(C3CCCC3CN)nc2n1. The Balaban J connectivity index is 2.00. The third-order valence-electron chi connectivity index (χ3n) is 3.82. The highest BCUT2D eigenvalue weighted by atomic mass is 15.0. The third kappa shape index (κ3) is 1.82. The largest absolute Gasteiger partial charge is 0.340 e. The number of nitrogens with zero attached hydrogens (tertiary/aromatic N) is 2. The van der Waals surface area contributed by atoms with Gasteiger partial charge in [0.15, 0.2) is 5.65 Å². The topological polar surface area (TPSA) is 67.6 Å². The number of hydrogen-bond donors (Lipinski definition) is 2. The predicted octanol–water partition coefficient (Wildman–Crippen LogP) is 2.11. The zero-order valence-corrected chi connectivity index (χ0v) is 10.1. The van der Waals surface area contributed by atoms with E-state index in [1.54, 1.807) is 0 Å². The number of nitrogens with one attached hydrogen (secondary N) is 1. The zero-order chi connectivity index (χ0) is 11.8. The number of fused-ring (bicyclic) bond motifs is 1. The normalized spacial score (nSPS) is 24.6. The second-order valence-electron chi connectivity index (χ2n) is 4.98. The van der Waals surface area contributed by atoms with Crippen LogP contribution in [0.1, 0.15) is 36.7 Å². The maximum absolute atomic E-state index is 5.82. The zero-order valence-electron chi connectivity index (χ0n) is 10.1. The van der Waals surface area contributed by atoms with Crippen LogP contribution in [0.25, 0.3) is 11.2 Å². The van der Waals surface area contributed by atoms with Crippen molar-refractivity contribution in [3.63, 3.8) is 0 Å². The molecule has 0 bridgehead atoms. The van der Waals surface area contributed by atoms with E-state index in [1.807, 2.05) is 13.0 Å². The molecule has 3 N–H and O–H groups in total. The van der Waals surface area contributed by atoms with Gasteiger partial charge in [-0.1, -0.05) is 6.42 Å². The molecule has 90 valence electrons. The number of nitrogens with two attached hydrogens (primary N) is 1. The van der Waals surface area contributed by atoms with E-state index in [0.717, 1.165) is 29.2 Å². The van der Waals surface area contributed by atoms with Gasteiger partial charge < -0.3 is 10.7 Å². The van der Waals surface area contributed by atoms with Gasteiger partial charge in [0.1, 0.15) is 5.82 Å². The monoisotopic (exact) mass is 230 g/mol. The van der Waals surface area contributed by atoms with Crippen LogP contribution in [0.2, 0.25) is 0 Å². The molecule has 2 unspecified atom stereocenters. The van der Waals surface area contributed by atoms with E-state index in [0.29, 0.717) is 11.8 Å². The van der Waals surface area contributed by atoms with Crippen LogP contribution in [0.4, 0.5) is 0 Å². The molecule has 4 heteroatoms. The van der Waals surface area contributed by atoms with E-state index < -0.39 is 0 Å². The molecule has 2 aromatic heterocycles. The van der Waals surface area contributed by atoms with Crippen molar-refractivity contribution >= 4 is 11.2 Å². The fourth-order valence-electron chi connectivity index (χ4n) is 2.86. The molecule has 1 fully saturated rings. The maximum atomic E-state index is 5.82. The highest BCUT2D eigenvalue weighted by molar-refractivity contribution is 5.70. The number of rotatable bonds is 2. The van der Waals surface area contributed by atoms with Crippen LogP contribution in [0, 0.1) is 12.8 Å². The Hall–Kier alpha value is -1.42. The van der Waals surface area contributed by atoms with Crippen molar-refractivity contribution in [2.75, 3.05) is 6.54 Å². The maximum Gasteiger partial charge on any atom is 0.177 e. The molecule has 0 aromatic carbocycles. The van der Waals surface area contributed by atoms with Crippen molar-refractivity contribution in [3.05, 3.63) is 23.7 Å². The summed E-state index contributed by atoms with van der Waals surface area (Å²) >= 11 is 0. The highest BCUT2D eigenvalue weighted by Crippen LogP contribution is 2.38. The summed E-state index contributed by atoms with van der Waals surface area (Å²) < 4.78 is 0. The van der Waals surface area contributed by atoms with Gasteiger partial charge in [0, 0.05) is 11.6 Å². The lowest BCUT2D eigenvalue weighted by atomic mass is 9.96. The van der Waals surface area contributed by atoms with Gasteiger partial charge in [-0.15, -0.1) is 0 Å². The van der Waals surface area contributed by atoms with Gasteiger partial charge in [-0.3, -0.25) is 0 Å². The summed E-state index contributed by atoms with van der Waals surface area (Å²) in [5, 5.41) is 0. The van der Waals surface area contributed by atoms with Crippen LogP contribution in [-0.2, 0) is 0 Å². The first kappa shape index (κ1) is 10.7. The molecule has 3 rings (SSSR count). The van der Waals surface area contributed by atoms with E-state index >= 15 is 0 Å². The van der Waals surface area contributed by atoms with Gasteiger partial charge in [0.05, 0.1) is 5.52 Å². The summed E-state index contributed by atoms with van der Waals surface area (Å²) in [5.74, 6) is 2.15. The fourth-order valence-corrected chi connectivity index (χ4v) is 2.86. The van der Waals surface area contributed by atoms with E-state index in [4.69, 9.17) is 5.73 Å². The number of aromatic nitrogens is 3. The Kier molecular flexibility index (Phi) is 2.59. The lowest BCUT2D eigenvalue weighted by Gasteiger charge is -2.14. The molecular weight excluding hydrogens is 212 g/mol. The number of H-pyrrole nitrogens is 1. The Morgan fingerprint density at radius 1 is 1.35 bits per heavy atom. The minimum Gasteiger partial charge on any atom is -0.340 e. The molecular formula is C13H18N4. The van der Waals surface area contributed by atoms with Crippen LogP contribution in [-0.4, -0.2) is 21.5 Å². The minimum absolute atomic E-state index is 0.495. The molecule has 1 saturated carbocycles. The number of aryl methyl sites for hydroxylation is 1. The summed E-state index contributed by atoms with van der Waals surface area (Å²) in [6.45, 7) is 2.75. The highest BCUT2D eigenvalue weighted by Gasteiger charge is 2.29. The second-order valence-corrected chi connectivity index (χ2v) is 4.98. The van der Waals surface area contributed by atoms with Crippen LogP contribution < -0.4 is 5.73 Å². The summed E-state index contributed by atoms with van der Waals surface area (Å²) in [6.07, 6.45) is 3.68. The molecule has 2 heterocycles. The quantitative estimate of drug-likeness (QED) is 0.830. The average Bonchev–Trinajstić information content (AvgIpc) is 2.93. The first-order valence-electron chi connectivity index (χ1n) is 6.31. The van der Waals surface area contributed by atoms with Gasteiger partial charge in [0.2, 0.25) is 0 Å². The first-order chi connectivity index (χ1) is 8.28. The van der Waals surface area contributed by atoms with Crippen LogP contribution in [0.5, 0.6) is 0 Å². The predicted molar refractivity (Wildman–Crippen MR) is 67.8 cm³/mol. The number of aromatic amines is 1. The van der Waals surface area contributed by atoms with E-state index in [1.165, 1.54) is 19.3 Å². The lowest BCUT2D eigenvalue weighted by Crippen LogP contribution is -2.17. The molecule has 0 aliphatic heterocycles. The van der Waals surface area contributed by atoms with Gasteiger partial charge in [-0.2, -0.15) is 0 Å². The molecule has 17 heavy (non-hydrogen) atoms. The van der Waals surface area contributed by atoms with Gasteiger partial charge in [-0.25, -0.2) is 9.97 Å². The number of pyridine rings is 1. The van der Waals surface area contributed by atoms with Gasteiger partial charge in [-0.05, 0) is 44.4 Å². The van der Waals surface area contributed by atoms with Crippen molar-refractivity contribution in [1.29, 1.82) is 0 Å². The summed E-state index contributed by atoms with van der Waals surface area (Å²) in [6, 6.07) is 4.07. The number of imidazole rings is 1. The van der Waals surface area contributed by atoms with Crippen molar-refractivity contribution in [1.82, 2.24) is 15.0 Å².